The minimum Gasteiger partial charge on any atom is -0.453 e. The monoisotopic (exact) mass is 448 g/mol. The number of piperidine rings is 1. The van der Waals surface area contributed by atoms with E-state index in [1.54, 1.807) is 12.3 Å². The predicted molar refractivity (Wildman–Crippen MR) is 137 cm³/mol. The molecule has 0 aliphatic carbocycles. The van der Waals surface area contributed by atoms with Gasteiger partial charge >= 0.3 is 0 Å². The maximum absolute atomic E-state index is 13.4. The summed E-state index contributed by atoms with van der Waals surface area (Å²) in [5.41, 5.74) is 3.26. The van der Waals surface area contributed by atoms with E-state index in [1.165, 1.54) is 29.6 Å². The molecule has 1 fully saturated rings. The molecular formula is C28H24N4O2. The first-order chi connectivity index (χ1) is 16.8. The highest BCUT2D eigenvalue weighted by molar-refractivity contribution is 5.85. The number of benzene rings is 3. The third-order valence-electron chi connectivity index (χ3n) is 6.34. The normalized spacial score (nSPS) is 14.4. The number of aromatic nitrogens is 2. The van der Waals surface area contributed by atoms with Gasteiger partial charge in [-0.25, -0.2) is 4.98 Å². The molecule has 2 aromatic heterocycles. The van der Waals surface area contributed by atoms with Crippen molar-refractivity contribution in [2.75, 3.05) is 18.0 Å². The summed E-state index contributed by atoms with van der Waals surface area (Å²) in [4.78, 5) is 20.5. The van der Waals surface area contributed by atoms with Crippen LogP contribution in [0.25, 0.3) is 33.5 Å². The van der Waals surface area contributed by atoms with Crippen LogP contribution in [0.1, 0.15) is 24.8 Å². The molecule has 1 aliphatic rings. The number of furan rings is 1. The number of rotatable bonds is 4. The van der Waals surface area contributed by atoms with Crippen LogP contribution in [-0.4, -0.2) is 29.0 Å². The molecule has 0 N–H and O–H groups in total. The molecule has 6 heteroatoms. The minimum atomic E-state index is -0.234. The summed E-state index contributed by atoms with van der Waals surface area (Å²) in [5.74, 6) is 0.878. The van der Waals surface area contributed by atoms with Gasteiger partial charge in [0.05, 0.1) is 17.1 Å². The van der Waals surface area contributed by atoms with E-state index in [9.17, 15) is 4.79 Å². The highest BCUT2D eigenvalue weighted by Gasteiger charge is 2.16. The number of fused-ring (bicyclic) bond motifs is 2. The molecule has 0 saturated carbocycles. The number of para-hydroxylation sites is 2. The smallest absolute Gasteiger partial charge is 0.282 e. The molecule has 34 heavy (non-hydrogen) atoms. The van der Waals surface area contributed by atoms with E-state index in [0.29, 0.717) is 22.5 Å². The van der Waals surface area contributed by atoms with Crippen molar-refractivity contribution >= 4 is 33.8 Å². The van der Waals surface area contributed by atoms with Crippen LogP contribution in [-0.2, 0) is 0 Å². The van der Waals surface area contributed by atoms with Gasteiger partial charge in [0.25, 0.3) is 5.56 Å². The molecule has 0 spiro atoms. The molecule has 6 nitrogen and oxygen atoms in total. The zero-order valence-corrected chi connectivity index (χ0v) is 18.7. The van der Waals surface area contributed by atoms with Gasteiger partial charge in [-0.15, -0.1) is 0 Å². The SMILES string of the molecule is O=c1c2ccccc2nc(-c2cc3ccccc3o2)n1N=Cc1ccc(N2CCCCC2)cc1. The lowest BCUT2D eigenvalue weighted by molar-refractivity contribution is 0.578. The van der Waals surface area contributed by atoms with Crippen molar-refractivity contribution in [2.45, 2.75) is 19.3 Å². The van der Waals surface area contributed by atoms with E-state index in [4.69, 9.17) is 9.40 Å². The van der Waals surface area contributed by atoms with Gasteiger partial charge in [-0.1, -0.05) is 42.5 Å². The molecule has 1 aliphatic heterocycles. The van der Waals surface area contributed by atoms with Gasteiger partial charge in [-0.05, 0) is 61.2 Å². The second kappa shape index (κ2) is 8.63. The summed E-state index contributed by atoms with van der Waals surface area (Å²) < 4.78 is 7.36. The van der Waals surface area contributed by atoms with Crippen molar-refractivity contribution in [3.63, 3.8) is 0 Å². The Morgan fingerprint density at radius 3 is 2.47 bits per heavy atom. The van der Waals surface area contributed by atoms with E-state index < -0.39 is 0 Å². The Balaban J connectivity index is 1.41. The summed E-state index contributed by atoms with van der Waals surface area (Å²) in [6.07, 6.45) is 5.49. The molecule has 0 unspecified atom stereocenters. The van der Waals surface area contributed by atoms with E-state index in [0.717, 1.165) is 29.6 Å². The number of hydrogen-bond acceptors (Lipinski definition) is 5. The van der Waals surface area contributed by atoms with Gasteiger partial charge in [-0.3, -0.25) is 4.79 Å². The van der Waals surface area contributed by atoms with Crippen molar-refractivity contribution in [2.24, 2.45) is 5.10 Å². The average molecular weight is 449 g/mol. The lowest BCUT2D eigenvalue weighted by Gasteiger charge is -2.28. The second-order valence-electron chi connectivity index (χ2n) is 8.60. The first-order valence-electron chi connectivity index (χ1n) is 11.7. The van der Waals surface area contributed by atoms with Crippen molar-refractivity contribution in [3.8, 4) is 11.6 Å². The van der Waals surface area contributed by atoms with Crippen LogP contribution in [0.5, 0.6) is 0 Å². The quantitative estimate of drug-likeness (QED) is 0.332. The van der Waals surface area contributed by atoms with Crippen LogP contribution in [0.15, 0.2) is 93.2 Å². The number of nitrogens with zero attached hydrogens (tertiary/aromatic N) is 4. The average Bonchev–Trinajstić information content (AvgIpc) is 3.33. The summed E-state index contributed by atoms with van der Waals surface area (Å²) in [6, 6.07) is 25.2. The number of anilines is 1. The van der Waals surface area contributed by atoms with Crippen LogP contribution in [0, 0.1) is 0 Å². The van der Waals surface area contributed by atoms with E-state index in [1.807, 2.05) is 60.7 Å². The van der Waals surface area contributed by atoms with Gasteiger partial charge in [0.15, 0.2) is 5.76 Å². The van der Waals surface area contributed by atoms with E-state index in [2.05, 4.69) is 22.1 Å². The zero-order chi connectivity index (χ0) is 22.9. The van der Waals surface area contributed by atoms with E-state index in [-0.39, 0.29) is 5.56 Å². The van der Waals surface area contributed by atoms with Crippen LogP contribution >= 0.6 is 0 Å². The largest absolute Gasteiger partial charge is 0.453 e. The molecule has 3 heterocycles. The van der Waals surface area contributed by atoms with Crippen molar-refractivity contribution in [3.05, 3.63) is 94.8 Å². The predicted octanol–water partition coefficient (Wildman–Crippen LogP) is 5.68. The molecule has 168 valence electrons. The molecule has 0 amide bonds. The fourth-order valence-electron chi connectivity index (χ4n) is 4.53. The molecule has 1 saturated heterocycles. The highest BCUT2D eigenvalue weighted by Crippen LogP contribution is 2.27. The first-order valence-corrected chi connectivity index (χ1v) is 11.7. The van der Waals surface area contributed by atoms with Gasteiger partial charge in [-0.2, -0.15) is 9.78 Å². The van der Waals surface area contributed by atoms with Gasteiger partial charge < -0.3 is 9.32 Å². The third-order valence-corrected chi connectivity index (χ3v) is 6.34. The van der Waals surface area contributed by atoms with E-state index >= 15 is 0 Å². The lowest BCUT2D eigenvalue weighted by atomic mass is 10.1. The van der Waals surface area contributed by atoms with Crippen molar-refractivity contribution < 1.29 is 4.42 Å². The van der Waals surface area contributed by atoms with Crippen LogP contribution in [0.4, 0.5) is 5.69 Å². The lowest BCUT2D eigenvalue weighted by Crippen LogP contribution is -2.29. The fourth-order valence-corrected chi connectivity index (χ4v) is 4.53. The van der Waals surface area contributed by atoms with Crippen LogP contribution < -0.4 is 10.5 Å². The van der Waals surface area contributed by atoms with Gasteiger partial charge in [0, 0.05) is 24.2 Å². The van der Waals surface area contributed by atoms with Crippen molar-refractivity contribution in [1.82, 2.24) is 9.66 Å². The minimum absolute atomic E-state index is 0.234. The Labute approximate surface area is 196 Å². The number of hydrogen-bond donors (Lipinski definition) is 0. The molecule has 0 bridgehead atoms. The van der Waals surface area contributed by atoms with Crippen LogP contribution in [0.2, 0.25) is 0 Å². The third kappa shape index (κ3) is 3.77. The maximum atomic E-state index is 13.4. The molecule has 6 rings (SSSR count). The van der Waals surface area contributed by atoms with Crippen molar-refractivity contribution in [1.29, 1.82) is 0 Å². The molecule has 0 atom stereocenters. The second-order valence-corrected chi connectivity index (χ2v) is 8.60. The first kappa shape index (κ1) is 20.4. The fraction of sp³-hybridized carbons (Fsp3) is 0.179. The zero-order valence-electron chi connectivity index (χ0n) is 18.7. The van der Waals surface area contributed by atoms with Gasteiger partial charge in [0.2, 0.25) is 5.82 Å². The maximum Gasteiger partial charge on any atom is 0.282 e. The molecule has 5 aromatic rings. The molecule has 0 radical (unpaired) electrons. The summed E-state index contributed by atoms with van der Waals surface area (Å²) in [7, 11) is 0. The summed E-state index contributed by atoms with van der Waals surface area (Å²) >= 11 is 0. The van der Waals surface area contributed by atoms with Crippen LogP contribution in [0.3, 0.4) is 0 Å². The van der Waals surface area contributed by atoms with Gasteiger partial charge in [0.1, 0.15) is 5.58 Å². The summed E-state index contributed by atoms with van der Waals surface area (Å²) in [5, 5.41) is 6.02. The standard InChI is InChI=1S/C28H24N4O2/c33-28-23-9-3-4-10-24(23)30-27(26-18-21-8-2-5-11-25(21)34-26)32(28)29-19-20-12-14-22(15-13-20)31-16-6-1-7-17-31/h2-5,8-15,18-19H,1,6-7,16-17H2. The Morgan fingerprint density at radius 2 is 1.65 bits per heavy atom. The molecule has 3 aromatic carbocycles. The highest BCUT2D eigenvalue weighted by atomic mass is 16.3. The Hall–Kier alpha value is -4.19. The topological polar surface area (TPSA) is 63.6 Å². The Morgan fingerprint density at radius 1 is 0.882 bits per heavy atom. The Kier molecular flexibility index (Phi) is 5.18. The molecular weight excluding hydrogens is 424 g/mol. The Bertz CT molecular complexity index is 1520. The summed E-state index contributed by atoms with van der Waals surface area (Å²) in [6.45, 7) is 2.21.